The number of benzene rings is 1. The molecule has 0 bridgehead atoms. The van der Waals surface area contributed by atoms with E-state index in [4.69, 9.17) is 4.74 Å². The molecule has 2 nitrogen and oxygen atoms in total. The third-order valence-electron chi connectivity index (χ3n) is 3.99. The van der Waals surface area contributed by atoms with E-state index in [0.29, 0.717) is 5.92 Å². The molecule has 0 aliphatic heterocycles. The molecule has 100 valence electrons. The van der Waals surface area contributed by atoms with Crippen LogP contribution < -0.4 is 4.74 Å². The van der Waals surface area contributed by atoms with Gasteiger partial charge in [-0.3, -0.25) is 0 Å². The molecule has 0 heterocycles. The molecule has 1 fully saturated rings. The topological polar surface area (TPSA) is 29.5 Å². The van der Waals surface area contributed by atoms with Crippen molar-refractivity contribution in [3.8, 4) is 5.75 Å². The Hall–Kier alpha value is -1.02. The van der Waals surface area contributed by atoms with Gasteiger partial charge in [0, 0.05) is 5.56 Å². The van der Waals surface area contributed by atoms with Crippen molar-refractivity contribution < 1.29 is 9.84 Å². The van der Waals surface area contributed by atoms with Gasteiger partial charge in [-0.25, -0.2) is 0 Å². The number of hydrogen-bond acceptors (Lipinski definition) is 2. The van der Waals surface area contributed by atoms with Crippen molar-refractivity contribution in [1.82, 2.24) is 0 Å². The Kier molecular flexibility index (Phi) is 3.96. The summed E-state index contributed by atoms with van der Waals surface area (Å²) >= 11 is 0. The van der Waals surface area contributed by atoms with Crippen LogP contribution in [-0.2, 0) is 5.60 Å². The van der Waals surface area contributed by atoms with E-state index >= 15 is 0 Å². The van der Waals surface area contributed by atoms with Crippen molar-refractivity contribution in [3.05, 3.63) is 29.8 Å². The van der Waals surface area contributed by atoms with E-state index in [1.165, 1.54) is 0 Å². The van der Waals surface area contributed by atoms with Gasteiger partial charge in [-0.1, -0.05) is 31.5 Å². The second kappa shape index (κ2) is 5.31. The van der Waals surface area contributed by atoms with E-state index in [2.05, 4.69) is 6.92 Å². The molecule has 2 heteroatoms. The number of ether oxygens (including phenoxy) is 1. The van der Waals surface area contributed by atoms with Gasteiger partial charge in [-0.2, -0.15) is 0 Å². The van der Waals surface area contributed by atoms with Crippen LogP contribution in [0, 0.1) is 5.92 Å². The first-order valence-electron chi connectivity index (χ1n) is 7.06. The third-order valence-corrected chi connectivity index (χ3v) is 3.99. The van der Waals surface area contributed by atoms with E-state index in [1.807, 2.05) is 38.1 Å². The van der Waals surface area contributed by atoms with Gasteiger partial charge in [0.2, 0.25) is 0 Å². The van der Waals surface area contributed by atoms with Crippen molar-refractivity contribution in [3.63, 3.8) is 0 Å². The molecule has 1 aliphatic rings. The standard InChI is InChI=1S/C16H24O2/c1-4-13-8-7-11-16(13,17)14-9-5-6-10-15(14)18-12(2)3/h5-6,9-10,12-13,17H,4,7-8,11H2,1-3H3. The lowest BCUT2D eigenvalue weighted by Crippen LogP contribution is -2.30. The Morgan fingerprint density at radius 3 is 2.78 bits per heavy atom. The highest BCUT2D eigenvalue weighted by molar-refractivity contribution is 5.39. The molecule has 1 aliphatic carbocycles. The second-order valence-electron chi connectivity index (χ2n) is 5.58. The zero-order valence-corrected chi connectivity index (χ0v) is 11.6. The van der Waals surface area contributed by atoms with Crippen molar-refractivity contribution in [2.45, 2.75) is 58.2 Å². The smallest absolute Gasteiger partial charge is 0.125 e. The maximum atomic E-state index is 11.0. The summed E-state index contributed by atoms with van der Waals surface area (Å²) in [4.78, 5) is 0. The lowest BCUT2D eigenvalue weighted by Gasteiger charge is -2.32. The highest BCUT2D eigenvalue weighted by Crippen LogP contribution is 2.47. The van der Waals surface area contributed by atoms with Crippen LogP contribution in [0.25, 0.3) is 0 Å². The highest BCUT2D eigenvalue weighted by Gasteiger charge is 2.43. The Bertz CT molecular complexity index is 400. The SMILES string of the molecule is CCC1CCCC1(O)c1ccccc1OC(C)C. The van der Waals surface area contributed by atoms with Gasteiger partial charge in [0.15, 0.2) is 0 Å². The van der Waals surface area contributed by atoms with Gasteiger partial charge in [-0.15, -0.1) is 0 Å². The summed E-state index contributed by atoms with van der Waals surface area (Å²) in [6, 6.07) is 7.95. The van der Waals surface area contributed by atoms with Crippen LogP contribution in [0.15, 0.2) is 24.3 Å². The average Bonchev–Trinajstić information content (AvgIpc) is 2.71. The van der Waals surface area contributed by atoms with Gasteiger partial charge in [0.1, 0.15) is 5.75 Å². The minimum atomic E-state index is -0.694. The molecule has 0 spiro atoms. The third kappa shape index (κ3) is 2.39. The minimum absolute atomic E-state index is 0.135. The number of aliphatic hydroxyl groups is 1. The summed E-state index contributed by atoms with van der Waals surface area (Å²) in [5.74, 6) is 1.20. The van der Waals surface area contributed by atoms with Gasteiger partial charge >= 0.3 is 0 Å². The van der Waals surface area contributed by atoms with E-state index in [-0.39, 0.29) is 6.10 Å². The fourth-order valence-corrected chi connectivity index (χ4v) is 3.14. The molecular formula is C16H24O2. The molecule has 1 aromatic rings. The Balaban J connectivity index is 2.37. The van der Waals surface area contributed by atoms with Crippen LogP contribution in [0.1, 0.15) is 52.0 Å². The van der Waals surface area contributed by atoms with Crippen molar-refractivity contribution in [1.29, 1.82) is 0 Å². The maximum Gasteiger partial charge on any atom is 0.125 e. The van der Waals surface area contributed by atoms with Gasteiger partial charge in [-0.05, 0) is 45.1 Å². The first-order chi connectivity index (χ1) is 8.58. The molecule has 1 N–H and O–H groups in total. The molecule has 0 aromatic heterocycles. The number of para-hydroxylation sites is 1. The first kappa shape index (κ1) is 13.4. The van der Waals surface area contributed by atoms with E-state index in [0.717, 1.165) is 37.0 Å². The van der Waals surface area contributed by atoms with Crippen LogP contribution in [0.4, 0.5) is 0 Å². The zero-order valence-electron chi connectivity index (χ0n) is 11.6. The summed E-state index contributed by atoms with van der Waals surface area (Å²) in [6.45, 7) is 6.20. The van der Waals surface area contributed by atoms with Crippen molar-refractivity contribution in [2.75, 3.05) is 0 Å². The molecule has 1 saturated carbocycles. The summed E-state index contributed by atoms with van der Waals surface area (Å²) < 4.78 is 5.86. The molecule has 2 unspecified atom stereocenters. The van der Waals surface area contributed by atoms with E-state index < -0.39 is 5.60 Å². The molecule has 1 aromatic carbocycles. The number of hydrogen-bond donors (Lipinski definition) is 1. The Labute approximate surface area is 110 Å². The van der Waals surface area contributed by atoms with Crippen molar-refractivity contribution in [2.24, 2.45) is 5.92 Å². The fourth-order valence-electron chi connectivity index (χ4n) is 3.14. The molecule has 0 amide bonds. The zero-order chi connectivity index (χ0) is 13.2. The summed E-state index contributed by atoms with van der Waals surface area (Å²) in [5, 5.41) is 11.0. The minimum Gasteiger partial charge on any atom is -0.491 e. The summed E-state index contributed by atoms with van der Waals surface area (Å²) in [6.07, 6.45) is 4.22. The first-order valence-corrected chi connectivity index (χ1v) is 7.06. The Morgan fingerprint density at radius 2 is 2.11 bits per heavy atom. The quantitative estimate of drug-likeness (QED) is 0.876. The molecule has 0 saturated heterocycles. The van der Waals surface area contributed by atoms with Crippen molar-refractivity contribution >= 4 is 0 Å². The Morgan fingerprint density at radius 1 is 1.39 bits per heavy atom. The highest BCUT2D eigenvalue weighted by atomic mass is 16.5. The van der Waals surface area contributed by atoms with Crippen LogP contribution in [0.2, 0.25) is 0 Å². The second-order valence-corrected chi connectivity index (χ2v) is 5.58. The summed E-state index contributed by atoms with van der Waals surface area (Å²) in [5.41, 5.74) is 0.281. The molecule has 0 radical (unpaired) electrons. The maximum absolute atomic E-state index is 11.0. The lowest BCUT2D eigenvalue weighted by molar-refractivity contribution is -0.00693. The predicted octanol–water partition coefficient (Wildman–Crippen LogP) is 3.87. The largest absolute Gasteiger partial charge is 0.491 e. The van der Waals surface area contributed by atoms with E-state index in [1.54, 1.807) is 0 Å². The average molecular weight is 248 g/mol. The fraction of sp³-hybridized carbons (Fsp3) is 0.625. The van der Waals surface area contributed by atoms with E-state index in [9.17, 15) is 5.11 Å². The van der Waals surface area contributed by atoms with Crippen LogP contribution in [-0.4, -0.2) is 11.2 Å². The summed E-state index contributed by atoms with van der Waals surface area (Å²) in [7, 11) is 0. The molecule has 2 rings (SSSR count). The molecule has 18 heavy (non-hydrogen) atoms. The lowest BCUT2D eigenvalue weighted by atomic mass is 9.82. The van der Waals surface area contributed by atoms with Crippen LogP contribution >= 0.6 is 0 Å². The van der Waals surface area contributed by atoms with Gasteiger partial charge in [0.05, 0.1) is 11.7 Å². The normalized spacial score (nSPS) is 27.7. The molecule has 2 atom stereocenters. The predicted molar refractivity (Wildman–Crippen MR) is 73.7 cm³/mol. The van der Waals surface area contributed by atoms with Crippen LogP contribution in [0.3, 0.4) is 0 Å². The number of rotatable bonds is 4. The van der Waals surface area contributed by atoms with Gasteiger partial charge in [0.25, 0.3) is 0 Å². The van der Waals surface area contributed by atoms with Crippen LogP contribution in [0.5, 0.6) is 5.75 Å². The van der Waals surface area contributed by atoms with Gasteiger partial charge < -0.3 is 9.84 Å². The molecular weight excluding hydrogens is 224 g/mol. The monoisotopic (exact) mass is 248 g/mol.